The van der Waals surface area contributed by atoms with Crippen LogP contribution in [0.3, 0.4) is 0 Å². The number of amides is 2. The molecule has 0 saturated heterocycles. The van der Waals surface area contributed by atoms with Gasteiger partial charge in [0.2, 0.25) is 5.91 Å². The molecule has 0 atom stereocenters. The number of aryl methyl sites for hydroxylation is 1. The van der Waals surface area contributed by atoms with E-state index < -0.39 is 5.91 Å². The highest BCUT2D eigenvalue weighted by molar-refractivity contribution is 6.02. The quantitative estimate of drug-likeness (QED) is 0.846. The zero-order valence-electron chi connectivity index (χ0n) is 14.8. The minimum atomic E-state index is -0.439. The van der Waals surface area contributed by atoms with Crippen molar-refractivity contribution in [2.24, 2.45) is 0 Å². The first-order valence-electron chi connectivity index (χ1n) is 7.83. The molecule has 2 amide bonds. The van der Waals surface area contributed by atoms with E-state index in [1.54, 1.807) is 18.2 Å². The van der Waals surface area contributed by atoms with Crippen LogP contribution in [0.2, 0.25) is 0 Å². The second-order valence-corrected chi connectivity index (χ2v) is 5.52. The van der Waals surface area contributed by atoms with E-state index in [0.29, 0.717) is 11.5 Å². The van der Waals surface area contributed by atoms with E-state index >= 15 is 0 Å². The summed E-state index contributed by atoms with van der Waals surface area (Å²) in [5.74, 6) is 0.0138. The van der Waals surface area contributed by atoms with Crippen molar-refractivity contribution < 1.29 is 19.1 Å². The summed E-state index contributed by atoms with van der Waals surface area (Å²) in [4.78, 5) is 24.6. The minimum absolute atomic E-state index is 0.159. The molecule has 0 unspecified atom stereocenters. The standard InChI is InChI=1S/C19H22N2O4/c1-12-7-5-8-14(13(12)2)21-17(22)11-20-19(23)18-15(24-3)9-6-10-16(18)25-4/h5-10H,11H2,1-4H3,(H,20,23)(H,21,22). The van der Waals surface area contributed by atoms with Crippen molar-refractivity contribution in [3.05, 3.63) is 53.1 Å². The van der Waals surface area contributed by atoms with E-state index in [1.165, 1.54) is 14.2 Å². The fourth-order valence-corrected chi connectivity index (χ4v) is 2.40. The van der Waals surface area contributed by atoms with Crippen molar-refractivity contribution in [1.29, 1.82) is 0 Å². The van der Waals surface area contributed by atoms with Gasteiger partial charge >= 0.3 is 0 Å². The van der Waals surface area contributed by atoms with Crippen LogP contribution in [0.1, 0.15) is 21.5 Å². The Balaban J connectivity index is 2.05. The Hall–Kier alpha value is -3.02. The Morgan fingerprint density at radius 2 is 1.56 bits per heavy atom. The van der Waals surface area contributed by atoms with E-state index in [9.17, 15) is 9.59 Å². The van der Waals surface area contributed by atoms with Crippen LogP contribution < -0.4 is 20.1 Å². The molecule has 2 rings (SSSR count). The maximum absolute atomic E-state index is 12.4. The number of hydrogen-bond acceptors (Lipinski definition) is 4. The molecule has 25 heavy (non-hydrogen) atoms. The van der Waals surface area contributed by atoms with E-state index in [0.717, 1.165) is 16.8 Å². The van der Waals surface area contributed by atoms with Gasteiger partial charge in [0.1, 0.15) is 17.1 Å². The zero-order valence-corrected chi connectivity index (χ0v) is 14.8. The fraction of sp³-hybridized carbons (Fsp3) is 0.263. The number of carbonyl (C=O) groups excluding carboxylic acids is 2. The summed E-state index contributed by atoms with van der Waals surface area (Å²) in [7, 11) is 2.94. The molecular formula is C19H22N2O4. The third-order valence-electron chi connectivity index (χ3n) is 3.94. The van der Waals surface area contributed by atoms with Crippen LogP contribution in [0.4, 0.5) is 5.69 Å². The van der Waals surface area contributed by atoms with Crippen molar-refractivity contribution in [3.8, 4) is 11.5 Å². The molecule has 2 aromatic rings. The summed E-state index contributed by atoms with van der Waals surface area (Å²) in [5.41, 5.74) is 3.07. The summed E-state index contributed by atoms with van der Waals surface area (Å²) < 4.78 is 10.4. The lowest BCUT2D eigenvalue weighted by molar-refractivity contribution is -0.115. The molecule has 0 aliphatic rings. The Kier molecular flexibility index (Phi) is 6.00. The summed E-state index contributed by atoms with van der Waals surface area (Å²) >= 11 is 0. The van der Waals surface area contributed by atoms with Gasteiger partial charge in [-0.15, -0.1) is 0 Å². The normalized spacial score (nSPS) is 10.1. The van der Waals surface area contributed by atoms with E-state index in [4.69, 9.17) is 9.47 Å². The van der Waals surface area contributed by atoms with Crippen molar-refractivity contribution in [3.63, 3.8) is 0 Å². The first-order valence-corrected chi connectivity index (χ1v) is 7.83. The highest BCUT2D eigenvalue weighted by atomic mass is 16.5. The lowest BCUT2D eigenvalue weighted by Gasteiger charge is -2.14. The lowest BCUT2D eigenvalue weighted by atomic mass is 10.1. The molecule has 0 aromatic heterocycles. The van der Waals surface area contributed by atoms with Crippen LogP contribution in [0, 0.1) is 13.8 Å². The van der Waals surface area contributed by atoms with Gasteiger partial charge in [-0.1, -0.05) is 18.2 Å². The largest absolute Gasteiger partial charge is 0.496 e. The van der Waals surface area contributed by atoms with Crippen LogP contribution >= 0.6 is 0 Å². The first kappa shape index (κ1) is 18.3. The summed E-state index contributed by atoms with van der Waals surface area (Å²) in [6.45, 7) is 3.75. The molecule has 0 spiro atoms. The molecular weight excluding hydrogens is 320 g/mol. The molecule has 0 bridgehead atoms. The monoisotopic (exact) mass is 342 g/mol. The number of hydrogen-bond donors (Lipinski definition) is 2. The lowest BCUT2D eigenvalue weighted by Crippen LogP contribution is -2.33. The van der Waals surface area contributed by atoms with Crippen LogP contribution in [0.5, 0.6) is 11.5 Å². The maximum Gasteiger partial charge on any atom is 0.259 e. The smallest absolute Gasteiger partial charge is 0.259 e. The molecule has 2 N–H and O–H groups in total. The van der Waals surface area contributed by atoms with Crippen LogP contribution in [0.15, 0.2) is 36.4 Å². The molecule has 0 aliphatic heterocycles. The molecule has 0 fully saturated rings. The van der Waals surface area contributed by atoms with Gasteiger partial charge in [-0.25, -0.2) is 0 Å². The van der Waals surface area contributed by atoms with Crippen molar-refractivity contribution >= 4 is 17.5 Å². The number of nitrogens with one attached hydrogen (secondary N) is 2. The van der Waals surface area contributed by atoms with E-state index in [1.807, 2.05) is 32.0 Å². The van der Waals surface area contributed by atoms with Crippen LogP contribution in [-0.2, 0) is 4.79 Å². The van der Waals surface area contributed by atoms with Crippen molar-refractivity contribution in [2.45, 2.75) is 13.8 Å². The molecule has 2 aromatic carbocycles. The average molecular weight is 342 g/mol. The van der Waals surface area contributed by atoms with Gasteiger partial charge in [-0.3, -0.25) is 9.59 Å². The molecule has 0 radical (unpaired) electrons. The Labute approximate surface area is 147 Å². The van der Waals surface area contributed by atoms with Gasteiger partial charge in [0.05, 0.1) is 20.8 Å². The van der Waals surface area contributed by atoms with Gasteiger partial charge in [-0.2, -0.15) is 0 Å². The highest BCUT2D eigenvalue weighted by Gasteiger charge is 2.18. The third kappa shape index (κ3) is 4.29. The SMILES string of the molecule is COc1cccc(OC)c1C(=O)NCC(=O)Nc1cccc(C)c1C. The van der Waals surface area contributed by atoms with Gasteiger partial charge < -0.3 is 20.1 Å². The van der Waals surface area contributed by atoms with Crippen molar-refractivity contribution in [2.75, 3.05) is 26.1 Å². The van der Waals surface area contributed by atoms with E-state index in [-0.39, 0.29) is 18.0 Å². The molecule has 0 saturated carbocycles. The van der Waals surface area contributed by atoms with Gasteiger partial charge in [0, 0.05) is 5.69 Å². The topological polar surface area (TPSA) is 76.7 Å². The van der Waals surface area contributed by atoms with Gasteiger partial charge in [0.25, 0.3) is 5.91 Å². The van der Waals surface area contributed by atoms with Crippen molar-refractivity contribution in [1.82, 2.24) is 5.32 Å². The highest BCUT2D eigenvalue weighted by Crippen LogP contribution is 2.27. The van der Waals surface area contributed by atoms with Gasteiger partial charge in [0.15, 0.2) is 0 Å². The zero-order chi connectivity index (χ0) is 18.4. The first-order chi connectivity index (χ1) is 12.0. The predicted octanol–water partition coefficient (Wildman–Crippen LogP) is 2.69. The second-order valence-electron chi connectivity index (χ2n) is 5.52. The summed E-state index contributed by atoms with van der Waals surface area (Å²) in [5, 5.41) is 5.39. The molecule has 6 nitrogen and oxygen atoms in total. The Bertz CT molecular complexity index is 765. The Morgan fingerprint density at radius 1 is 0.960 bits per heavy atom. The summed E-state index contributed by atoms with van der Waals surface area (Å²) in [6, 6.07) is 10.7. The van der Waals surface area contributed by atoms with Crippen LogP contribution in [-0.4, -0.2) is 32.6 Å². The number of ether oxygens (including phenoxy) is 2. The number of carbonyl (C=O) groups is 2. The van der Waals surface area contributed by atoms with E-state index in [2.05, 4.69) is 10.6 Å². The number of anilines is 1. The minimum Gasteiger partial charge on any atom is -0.496 e. The number of methoxy groups -OCH3 is 2. The number of rotatable bonds is 6. The third-order valence-corrected chi connectivity index (χ3v) is 3.94. The molecule has 6 heteroatoms. The maximum atomic E-state index is 12.4. The average Bonchev–Trinajstić information content (AvgIpc) is 2.62. The Morgan fingerprint density at radius 3 is 2.16 bits per heavy atom. The molecule has 132 valence electrons. The van der Waals surface area contributed by atoms with Crippen LogP contribution in [0.25, 0.3) is 0 Å². The second kappa shape index (κ2) is 8.19. The molecule has 0 heterocycles. The summed E-state index contributed by atoms with van der Waals surface area (Å²) in [6.07, 6.45) is 0. The fourth-order valence-electron chi connectivity index (χ4n) is 2.40. The van der Waals surface area contributed by atoms with Gasteiger partial charge in [-0.05, 0) is 43.2 Å². The number of benzene rings is 2. The molecule has 0 aliphatic carbocycles. The predicted molar refractivity (Wildman–Crippen MR) is 96.4 cm³/mol.